The molecule has 0 aliphatic rings. The topological polar surface area (TPSA) is 19.7 Å². The molecule has 4 nitrogen and oxygen atoms in total. The fraction of sp³-hybridized carbons (Fsp3) is 0. The highest BCUT2D eigenvalue weighted by Gasteiger charge is 2.29. The quantitative estimate of drug-likeness (QED) is 0.130. The maximum atomic E-state index is 2.55. The van der Waals surface area contributed by atoms with Gasteiger partial charge in [0.1, 0.15) is 0 Å². The Morgan fingerprint density at radius 1 is 0.151 bits per heavy atom. The molecule has 0 aliphatic heterocycles. The van der Waals surface area contributed by atoms with Crippen molar-refractivity contribution >= 4 is 65.4 Å². The third-order valence-electron chi connectivity index (χ3n) is 17.6. The van der Waals surface area contributed by atoms with Crippen LogP contribution >= 0.6 is 0 Å². The summed E-state index contributed by atoms with van der Waals surface area (Å²) in [6, 6.07) is 120. The first kappa shape index (κ1) is 49.2. The van der Waals surface area contributed by atoms with Crippen LogP contribution in [0.5, 0.6) is 0 Å². The number of aromatic nitrogens is 4. The molecule has 4 aromatic heterocycles. The van der Waals surface area contributed by atoms with E-state index in [0.29, 0.717) is 0 Å². The van der Waals surface area contributed by atoms with E-state index in [1.165, 1.54) is 65.5 Å². The number of hydrogen-bond donors (Lipinski definition) is 0. The number of benzene rings is 13. The van der Waals surface area contributed by atoms with E-state index in [-0.39, 0.29) is 0 Å². The average molecular weight is 1100 g/mol. The van der Waals surface area contributed by atoms with Gasteiger partial charge >= 0.3 is 0 Å². The van der Waals surface area contributed by atoms with Crippen LogP contribution < -0.4 is 0 Å². The van der Waals surface area contributed by atoms with Gasteiger partial charge in [0.15, 0.2) is 0 Å². The Kier molecular flexibility index (Phi) is 11.5. The number of fused-ring (bicyclic) bond motifs is 9. The highest BCUT2D eigenvalue weighted by Crippen LogP contribution is 2.51. The molecule has 0 saturated heterocycles. The fourth-order valence-electron chi connectivity index (χ4n) is 13.8. The Hall–Kier alpha value is -11.5. The smallest absolute Gasteiger partial charge is 0.0789 e. The molecule has 0 atom stereocenters. The third kappa shape index (κ3) is 7.85. The van der Waals surface area contributed by atoms with Crippen molar-refractivity contribution in [2.45, 2.75) is 0 Å². The van der Waals surface area contributed by atoms with Crippen LogP contribution in [0.4, 0.5) is 0 Å². The van der Waals surface area contributed by atoms with Crippen LogP contribution in [0.3, 0.4) is 0 Å². The summed E-state index contributed by atoms with van der Waals surface area (Å²) in [5.41, 5.74) is 25.4. The van der Waals surface area contributed by atoms with Crippen molar-refractivity contribution in [1.82, 2.24) is 18.3 Å². The molecule has 0 amide bonds. The Labute approximate surface area is 498 Å². The minimum Gasteiger partial charge on any atom is -0.309 e. The maximum Gasteiger partial charge on any atom is 0.0789 e. The normalized spacial score (nSPS) is 11.7. The second-order valence-corrected chi connectivity index (χ2v) is 22.4. The number of nitrogens with zero attached hydrogens (tertiary/aromatic N) is 4. The lowest BCUT2D eigenvalue weighted by Crippen LogP contribution is -2.02. The lowest BCUT2D eigenvalue weighted by molar-refractivity contribution is 1.11. The zero-order valence-electron chi connectivity index (χ0n) is 47.0. The fourth-order valence-corrected chi connectivity index (χ4v) is 13.8. The summed E-state index contributed by atoms with van der Waals surface area (Å²) in [5, 5.41) is 7.38. The molecule has 13 aromatic carbocycles. The molecule has 0 bridgehead atoms. The van der Waals surface area contributed by atoms with Crippen LogP contribution in [-0.2, 0) is 0 Å². The van der Waals surface area contributed by atoms with E-state index in [4.69, 9.17) is 0 Å². The molecular formula is C82H54N4. The molecule has 0 spiro atoms. The number of hydrogen-bond acceptors (Lipinski definition) is 0. The molecule has 0 saturated carbocycles. The monoisotopic (exact) mass is 1090 g/mol. The van der Waals surface area contributed by atoms with Crippen molar-refractivity contribution in [3.63, 3.8) is 0 Å². The van der Waals surface area contributed by atoms with Crippen LogP contribution in [0, 0.1) is 0 Å². The molecule has 0 aliphatic carbocycles. The third-order valence-corrected chi connectivity index (χ3v) is 17.6. The van der Waals surface area contributed by atoms with Crippen molar-refractivity contribution in [3.8, 4) is 89.8 Å². The SMILES string of the molecule is c1ccc(-c2c(-c3ccccc3)n(-c3ccc(-c4ccc(-n5c6ccccc6c6ccccc65)cc4)cc3)c3c2ccc2c(-c4ccccc4)c(-c4ccccc4)n(-c4ccc(-c5ccc(-n6c7ccccc7c7ccccc76)cc5)cc4)c23)cc1. The minimum atomic E-state index is 1.07. The van der Waals surface area contributed by atoms with Crippen LogP contribution in [0.25, 0.3) is 155 Å². The zero-order valence-corrected chi connectivity index (χ0v) is 47.0. The minimum absolute atomic E-state index is 1.07. The van der Waals surface area contributed by atoms with Crippen LogP contribution in [0.15, 0.2) is 328 Å². The summed E-state index contributed by atoms with van der Waals surface area (Å²) in [5.74, 6) is 0. The first-order chi connectivity index (χ1) is 42.7. The number of rotatable bonds is 10. The number of para-hydroxylation sites is 4. The first-order valence-electron chi connectivity index (χ1n) is 29.6. The van der Waals surface area contributed by atoms with Gasteiger partial charge in [-0.15, -0.1) is 0 Å². The van der Waals surface area contributed by atoms with E-state index in [9.17, 15) is 0 Å². The Bertz CT molecular complexity index is 4930. The second-order valence-electron chi connectivity index (χ2n) is 22.4. The van der Waals surface area contributed by atoms with E-state index < -0.39 is 0 Å². The van der Waals surface area contributed by atoms with Crippen LogP contribution in [0.2, 0.25) is 0 Å². The lowest BCUT2D eigenvalue weighted by Gasteiger charge is -2.17. The summed E-state index contributed by atoms with van der Waals surface area (Å²) in [4.78, 5) is 0. The summed E-state index contributed by atoms with van der Waals surface area (Å²) in [6.45, 7) is 0. The van der Waals surface area contributed by atoms with Gasteiger partial charge in [-0.05, 0) is 117 Å². The first-order valence-corrected chi connectivity index (χ1v) is 29.6. The standard InChI is InChI=1S/C82H54N4/c1-5-21-59(22-6-1)77-71-53-54-72-78(60-23-7-2-8-24-60)80(62-27-11-4-12-28-62)86(66-51-43-58(44-52-66)56-39-47-64(48-40-56)84-75-35-19-15-31-69(75)70-32-16-20-36-76(70)84)82(72)81(71)85(79(77)61-25-9-3-10-26-61)65-49-41-57(42-50-65)55-37-45-63(46-38-55)83-73-33-17-13-29-67(73)68-30-14-18-34-74(68)83/h1-54H. The lowest BCUT2D eigenvalue weighted by atomic mass is 9.96. The van der Waals surface area contributed by atoms with Gasteiger partial charge in [0.2, 0.25) is 0 Å². The Morgan fingerprint density at radius 2 is 0.384 bits per heavy atom. The molecule has 4 heterocycles. The van der Waals surface area contributed by atoms with Crippen molar-refractivity contribution in [1.29, 1.82) is 0 Å². The average Bonchev–Trinajstić information content (AvgIpc) is 1.74. The molecule has 86 heavy (non-hydrogen) atoms. The molecule has 17 rings (SSSR count). The molecule has 0 fully saturated rings. The van der Waals surface area contributed by atoms with Gasteiger partial charge in [-0.2, -0.15) is 0 Å². The summed E-state index contributed by atoms with van der Waals surface area (Å²) in [7, 11) is 0. The van der Waals surface area contributed by atoms with E-state index in [0.717, 1.165) is 89.7 Å². The van der Waals surface area contributed by atoms with Crippen molar-refractivity contribution in [2.24, 2.45) is 0 Å². The molecule has 17 aromatic rings. The predicted octanol–water partition coefficient (Wildman–Crippen LogP) is 21.8. The molecule has 402 valence electrons. The van der Waals surface area contributed by atoms with Crippen LogP contribution in [-0.4, -0.2) is 18.3 Å². The molecule has 0 radical (unpaired) electrons. The van der Waals surface area contributed by atoms with Gasteiger partial charge < -0.3 is 18.3 Å². The largest absolute Gasteiger partial charge is 0.309 e. The Morgan fingerprint density at radius 3 is 0.663 bits per heavy atom. The van der Waals surface area contributed by atoms with Crippen molar-refractivity contribution in [3.05, 3.63) is 328 Å². The van der Waals surface area contributed by atoms with Gasteiger partial charge in [0.25, 0.3) is 0 Å². The van der Waals surface area contributed by atoms with Gasteiger partial charge in [-0.1, -0.05) is 255 Å². The maximum absolute atomic E-state index is 2.55. The summed E-state index contributed by atoms with van der Waals surface area (Å²) in [6.07, 6.45) is 0. The molecule has 0 N–H and O–H groups in total. The van der Waals surface area contributed by atoms with E-state index in [2.05, 4.69) is 346 Å². The van der Waals surface area contributed by atoms with E-state index >= 15 is 0 Å². The van der Waals surface area contributed by atoms with Gasteiger partial charge in [-0.25, -0.2) is 0 Å². The zero-order chi connectivity index (χ0) is 56.7. The highest BCUT2D eigenvalue weighted by atomic mass is 15.1. The summed E-state index contributed by atoms with van der Waals surface area (Å²) >= 11 is 0. The van der Waals surface area contributed by atoms with E-state index in [1.807, 2.05) is 0 Å². The molecule has 4 heteroatoms. The molecular weight excluding hydrogens is 1040 g/mol. The van der Waals surface area contributed by atoms with Crippen molar-refractivity contribution in [2.75, 3.05) is 0 Å². The Balaban J connectivity index is 0.875. The molecule has 0 unspecified atom stereocenters. The van der Waals surface area contributed by atoms with Crippen LogP contribution in [0.1, 0.15) is 0 Å². The van der Waals surface area contributed by atoms with Gasteiger partial charge in [0.05, 0.1) is 44.5 Å². The van der Waals surface area contributed by atoms with Crippen molar-refractivity contribution < 1.29 is 0 Å². The summed E-state index contributed by atoms with van der Waals surface area (Å²) < 4.78 is 9.87. The highest BCUT2D eigenvalue weighted by molar-refractivity contribution is 6.21. The second kappa shape index (κ2) is 20.2. The van der Waals surface area contributed by atoms with E-state index in [1.54, 1.807) is 0 Å². The van der Waals surface area contributed by atoms with Gasteiger partial charge in [-0.3, -0.25) is 0 Å². The predicted molar refractivity (Wildman–Crippen MR) is 361 cm³/mol. The van der Waals surface area contributed by atoms with Gasteiger partial charge in [0, 0.05) is 66.2 Å².